The monoisotopic (exact) mass is 449 g/mol. The van der Waals surface area contributed by atoms with Gasteiger partial charge in [-0.15, -0.1) is 0 Å². The molecule has 0 aliphatic rings. The molecule has 0 aliphatic carbocycles. The van der Waals surface area contributed by atoms with Crippen LogP contribution in [0.3, 0.4) is 0 Å². The number of ether oxygens (including phenoxy) is 1. The van der Waals surface area contributed by atoms with Crippen molar-refractivity contribution in [1.29, 1.82) is 0 Å². The van der Waals surface area contributed by atoms with Crippen molar-refractivity contribution in [2.24, 2.45) is 0 Å². The Balaban J connectivity index is 1.91. The molecule has 2 rings (SSSR count). The smallest absolute Gasteiger partial charge is 0.264 e. The van der Waals surface area contributed by atoms with Gasteiger partial charge in [-0.05, 0) is 67.5 Å². The Morgan fingerprint density at radius 3 is 2.30 bits per heavy atom. The summed E-state index contributed by atoms with van der Waals surface area (Å²) in [7, 11) is -3.52. The molecule has 2 aromatic rings. The third kappa shape index (κ3) is 6.25. The minimum atomic E-state index is -3.52. The van der Waals surface area contributed by atoms with E-state index in [1.54, 1.807) is 26.0 Å². The maximum atomic E-state index is 12.5. The van der Waals surface area contributed by atoms with E-state index in [2.05, 4.69) is 10.6 Å². The normalized spacial score (nSPS) is 11.2. The molecule has 0 radical (unpaired) electrons. The molecule has 0 fully saturated rings. The van der Waals surface area contributed by atoms with E-state index in [1.807, 2.05) is 32.0 Å². The second kappa shape index (κ2) is 10.5. The first-order valence-corrected chi connectivity index (χ1v) is 11.4. The first-order valence-electron chi connectivity index (χ1n) is 9.58. The highest BCUT2D eigenvalue weighted by Gasteiger charge is 2.21. The zero-order chi connectivity index (χ0) is 22.3. The summed E-state index contributed by atoms with van der Waals surface area (Å²) in [5.74, 6) is 0.253. The van der Waals surface area contributed by atoms with Crippen LogP contribution >= 0.6 is 12.2 Å². The maximum Gasteiger partial charge on any atom is 0.264 e. The number of hydrogen-bond donors (Lipinski definition) is 2. The van der Waals surface area contributed by atoms with Crippen LogP contribution in [0.4, 0.5) is 5.69 Å². The molecule has 162 valence electrons. The van der Waals surface area contributed by atoms with Gasteiger partial charge < -0.3 is 10.1 Å². The van der Waals surface area contributed by atoms with Gasteiger partial charge in [0, 0.05) is 18.8 Å². The summed E-state index contributed by atoms with van der Waals surface area (Å²) >= 11 is 5.15. The SMILES string of the molecule is CCN(CC)S(=O)(=O)c1ccc(NC(=S)NC(=O)COc2cc(C)ccc2C)cc1. The van der Waals surface area contributed by atoms with E-state index < -0.39 is 15.9 Å². The summed E-state index contributed by atoms with van der Waals surface area (Å²) in [6.07, 6.45) is 0. The highest BCUT2D eigenvalue weighted by Crippen LogP contribution is 2.19. The minimum Gasteiger partial charge on any atom is -0.483 e. The molecule has 0 saturated heterocycles. The lowest BCUT2D eigenvalue weighted by atomic mass is 10.1. The van der Waals surface area contributed by atoms with Crippen LogP contribution in [-0.2, 0) is 14.8 Å². The van der Waals surface area contributed by atoms with Crippen molar-refractivity contribution in [3.05, 3.63) is 53.6 Å². The minimum absolute atomic E-state index is 0.101. The van der Waals surface area contributed by atoms with Crippen LogP contribution in [0, 0.1) is 13.8 Å². The van der Waals surface area contributed by atoms with Crippen molar-refractivity contribution < 1.29 is 17.9 Å². The first kappa shape index (κ1) is 23.8. The fraction of sp³-hybridized carbons (Fsp3) is 0.333. The van der Waals surface area contributed by atoms with Crippen molar-refractivity contribution in [2.45, 2.75) is 32.6 Å². The number of anilines is 1. The molecule has 7 nitrogen and oxygen atoms in total. The van der Waals surface area contributed by atoms with Gasteiger partial charge in [-0.2, -0.15) is 4.31 Å². The number of sulfonamides is 1. The molecule has 0 aromatic heterocycles. The zero-order valence-corrected chi connectivity index (χ0v) is 19.2. The average Bonchev–Trinajstić information content (AvgIpc) is 2.69. The molecule has 0 unspecified atom stereocenters. The first-order chi connectivity index (χ1) is 14.2. The molecular formula is C21H27N3O4S2. The van der Waals surface area contributed by atoms with Gasteiger partial charge in [0.2, 0.25) is 10.0 Å². The molecule has 9 heteroatoms. The van der Waals surface area contributed by atoms with Crippen LogP contribution in [0.25, 0.3) is 0 Å². The van der Waals surface area contributed by atoms with Crippen LogP contribution in [-0.4, -0.2) is 43.4 Å². The number of carbonyl (C=O) groups is 1. The van der Waals surface area contributed by atoms with Crippen LogP contribution in [0.5, 0.6) is 5.75 Å². The topological polar surface area (TPSA) is 87.7 Å². The fourth-order valence-corrected chi connectivity index (χ4v) is 4.44. The maximum absolute atomic E-state index is 12.5. The summed E-state index contributed by atoms with van der Waals surface area (Å²) in [4.78, 5) is 12.3. The van der Waals surface area contributed by atoms with Gasteiger partial charge in [0.1, 0.15) is 5.75 Å². The summed E-state index contributed by atoms with van der Waals surface area (Å²) < 4.78 is 32.0. The largest absolute Gasteiger partial charge is 0.483 e. The lowest BCUT2D eigenvalue weighted by Gasteiger charge is -2.18. The van der Waals surface area contributed by atoms with Crippen LogP contribution in [0.15, 0.2) is 47.4 Å². The van der Waals surface area contributed by atoms with Crippen LogP contribution < -0.4 is 15.4 Å². The number of nitrogens with zero attached hydrogens (tertiary/aromatic N) is 1. The highest BCUT2D eigenvalue weighted by atomic mass is 32.2. The van der Waals surface area contributed by atoms with Gasteiger partial charge in [0.15, 0.2) is 11.7 Å². The Morgan fingerprint density at radius 1 is 1.07 bits per heavy atom. The summed E-state index contributed by atoms with van der Waals surface area (Å²) in [6, 6.07) is 12.0. The average molecular weight is 450 g/mol. The van der Waals surface area contributed by atoms with Crippen molar-refractivity contribution in [2.75, 3.05) is 25.0 Å². The molecule has 0 saturated carbocycles. The standard InChI is InChI=1S/C21H27N3O4S2/c1-5-24(6-2)30(26,27)18-11-9-17(10-12-18)22-21(29)23-20(25)14-28-19-13-15(3)7-8-16(19)4/h7-13H,5-6,14H2,1-4H3,(H2,22,23,25,29). The van der Waals surface area contributed by atoms with Gasteiger partial charge in [-0.3, -0.25) is 10.1 Å². The lowest BCUT2D eigenvalue weighted by Crippen LogP contribution is -2.37. The van der Waals surface area contributed by atoms with Crippen molar-refractivity contribution in [3.8, 4) is 5.75 Å². The zero-order valence-electron chi connectivity index (χ0n) is 17.6. The van der Waals surface area contributed by atoms with Crippen molar-refractivity contribution in [1.82, 2.24) is 9.62 Å². The summed E-state index contributed by atoms with van der Waals surface area (Å²) in [5, 5.41) is 5.51. The number of amides is 1. The number of thiocarbonyl (C=S) groups is 1. The fourth-order valence-electron chi connectivity index (χ4n) is 2.75. The van der Waals surface area contributed by atoms with Gasteiger partial charge >= 0.3 is 0 Å². The molecule has 0 bridgehead atoms. The number of aryl methyl sites for hydroxylation is 2. The second-order valence-electron chi connectivity index (χ2n) is 6.67. The van der Waals surface area contributed by atoms with E-state index in [0.717, 1.165) is 11.1 Å². The molecule has 0 aliphatic heterocycles. The molecule has 0 heterocycles. The summed E-state index contributed by atoms with van der Waals surface area (Å²) in [5.41, 5.74) is 2.54. The Labute approximate surface area is 183 Å². The summed E-state index contributed by atoms with van der Waals surface area (Å²) in [6.45, 7) is 8.07. The third-order valence-corrected chi connectivity index (χ3v) is 6.68. The van der Waals surface area contributed by atoms with E-state index in [4.69, 9.17) is 17.0 Å². The predicted molar refractivity (Wildman–Crippen MR) is 122 cm³/mol. The lowest BCUT2D eigenvalue weighted by molar-refractivity contribution is -0.121. The molecule has 2 N–H and O–H groups in total. The molecular weight excluding hydrogens is 422 g/mol. The Kier molecular flexibility index (Phi) is 8.33. The van der Waals surface area contributed by atoms with E-state index >= 15 is 0 Å². The quantitative estimate of drug-likeness (QED) is 0.602. The number of nitrogens with one attached hydrogen (secondary N) is 2. The van der Waals surface area contributed by atoms with Gasteiger partial charge in [0.05, 0.1) is 4.90 Å². The van der Waals surface area contributed by atoms with E-state index in [1.165, 1.54) is 16.4 Å². The van der Waals surface area contributed by atoms with E-state index in [-0.39, 0.29) is 16.6 Å². The van der Waals surface area contributed by atoms with Crippen molar-refractivity contribution in [3.63, 3.8) is 0 Å². The van der Waals surface area contributed by atoms with E-state index in [9.17, 15) is 13.2 Å². The van der Waals surface area contributed by atoms with Gasteiger partial charge in [-0.1, -0.05) is 26.0 Å². The Hall–Kier alpha value is -2.49. The molecule has 2 aromatic carbocycles. The second-order valence-corrected chi connectivity index (χ2v) is 9.02. The molecule has 30 heavy (non-hydrogen) atoms. The third-order valence-electron chi connectivity index (χ3n) is 4.41. The Morgan fingerprint density at radius 2 is 1.70 bits per heavy atom. The van der Waals surface area contributed by atoms with Gasteiger partial charge in [0.25, 0.3) is 5.91 Å². The van der Waals surface area contributed by atoms with Crippen LogP contribution in [0.2, 0.25) is 0 Å². The number of benzene rings is 2. The number of hydrogen-bond acceptors (Lipinski definition) is 5. The van der Waals surface area contributed by atoms with E-state index in [0.29, 0.717) is 24.5 Å². The number of carbonyl (C=O) groups excluding carboxylic acids is 1. The van der Waals surface area contributed by atoms with Crippen LogP contribution in [0.1, 0.15) is 25.0 Å². The molecule has 0 atom stereocenters. The number of rotatable bonds is 8. The molecule has 1 amide bonds. The highest BCUT2D eigenvalue weighted by molar-refractivity contribution is 7.89. The van der Waals surface area contributed by atoms with Crippen molar-refractivity contribution >= 4 is 38.9 Å². The molecule has 0 spiro atoms. The van der Waals surface area contributed by atoms with Gasteiger partial charge in [-0.25, -0.2) is 8.42 Å². The Bertz CT molecular complexity index is 1000. The predicted octanol–water partition coefficient (Wildman–Crippen LogP) is 3.23.